The lowest BCUT2D eigenvalue weighted by Crippen LogP contribution is -2.26. The largest absolute Gasteiger partial charge is 0.356 e. The van der Waals surface area contributed by atoms with Crippen molar-refractivity contribution < 1.29 is 4.79 Å². The van der Waals surface area contributed by atoms with Crippen molar-refractivity contribution in [2.45, 2.75) is 33.1 Å². The minimum atomic E-state index is 0.0422. The molecular formula is C13H17N3OS2. The molecule has 1 N–H and O–H groups in total. The molecule has 19 heavy (non-hydrogen) atoms. The highest BCUT2D eigenvalue weighted by Crippen LogP contribution is 2.10. The van der Waals surface area contributed by atoms with Crippen molar-refractivity contribution in [1.29, 1.82) is 0 Å². The molecular weight excluding hydrogens is 278 g/mol. The van der Waals surface area contributed by atoms with E-state index >= 15 is 0 Å². The highest BCUT2D eigenvalue weighted by Gasteiger charge is 2.06. The van der Waals surface area contributed by atoms with Crippen LogP contribution < -0.4 is 5.32 Å². The van der Waals surface area contributed by atoms with Gasteiger partial charge >= 0.3 is 0 Å². The number of amides is 1. The molecule has 0 bridgehead atoms. The Hall–Kier alpha value is -1.27. The summed E-state index contributed by atoms with van der Waals surface area (Å²) < 4.78 is 0. The van der Waals surface area contributed by atoms with E-state index in [0.29, 0.717) is 13.0 Å². The van der Waals surface area contributed by atoms with Gasteiger partial charge in [-0.2, -0.15) is 0 Å². The van der Waals surface area contributed by atoms with Crippen LogP contribution in [-0.4, -0.2) is 22.4 Å². The van der Waals surface area contributed by atoms with Crippen molar-refractivity contribution in [3.8, 4) is 0 Å². The van der Waals surface area contributed by atoms with E-state index in [-0.39, 0.29) is 5.91 Å². The molecule has 0 atom stereocenters. The molecule has 2 aromatic rings. The minimum absolute atomic E-state index is 0.0422. The second-order valence-electron chi connectivity index (χ2n) is 4.37. The van der Waals surface area contributed by atoms with Crippen molar-refractivity contribution in [3.05, 3.63) is 32.2 Å². The van der Waals surface area contributed by atoms with Crippen LogP contribution in [0.25, 0.3) is 0 Å². The Morgan fingerprint density at radius 2 is 2.11 bits per heavy atom. The first-order chi connectivity index (χ1) is 9.13. The van der Waals surface area contributed by atoms with E-state index in [1.54, 1.807) is 22.7 Å². The molecule has 0 radical (unpaired) electrons. The van der Waals surface area contributed by atoms with Crippen LogP contribution >= 0.6 is 22.7 Å². The summed E-state index contributed by atoms with van der Waals surface area (Å²) in [4.78, 5) is 20.4. The predicted molar refractivity (Wildman–Crippen MR) is 78.7 cm³/mol. The Bertz CT molecular complexity index is 548. The molecule has 0 fully saturated rings. The fourth-order valence-electron chi connectivity index (χ4n) is 1.70. The van der Waals surface area contributed by atoms with Crippen molar-refractivity contribution in [2.24, 2.45) is 0 Å². The molecule has 102 valence electrons. The number of rotatable bonds is 6. The van der Waals surface area contributed by atoms with E-state index in [1.165, 1.54) is 0 Å². The van der Waals surface area contributed by atoms with Gasteiger partial charge in [-0.3, -0.25) is 4.79 Å². The average molecular weight is 295 g/mol. The molecule has 2 aromatic heterocycles. The lowest BCUT2D eigenvalue weighted by molar-refractivity contribution is -0.120. The summed E-state index contributed by atoms with van der Waals surface area (Å²) >= 11 is 3.26. The Labute approximate surface area is 120 Å². The van der Waals surface area contributed by atoms with Crippen molar-refractivity contribution in [3.63, 3.8) is 0 Å². The standard InChI is InChI=1S/C13H17N3OS2/c1-9-7-19-13(15-9)4-3-5-14-12(17)6-11-8-18-10(2)16-11/h7-8H,3-6H2,1-2H3,(H,14,17). The molecule has 0 aromatic carbocycles. The van der Waals surface area contributed by atoms with Crippen LogP contribution in [0.4, 0.5) is 0 Å². The van der Waals surface area contributed by atoms with Gasteiger partial charge in [-0.15, -0.1) is 22.7 Å². The second kappa shape index (κ2) is 6.77. The van der Waals surface area contributed by atoms with Crippen LogP contribution in [0.3, 0.4) is 0 Å². The molecule has 6 heteroatoms. The third-order valence-corrected chi connectivity index (χ3v) is 4.41. The topological polar surface area (TPSA) is 54.9 Å². The van der Waals surface area contributed by atoms with Gasteiger partial charge in [0, 0.05) is 29.4 Å². The summed E-state index contributed by atoms with van der Waals surface area (Å²) in [5.41, 5.74) is 1.93. The predicted octanol–water partition coefficient (Wildman–Crippen LogP) is 2.51. The number of nitrogens with zero attached hydrogens (tertiary/aromatic N) is 2. The van der Waals surface area contributed by atoms with Gasteiger partial charge in [0.15, 0.2) is 0 Å². The van der Waals surface area contributed by atoms with Gasteiger partial charge in [-0.05, 0) is 20.3 Å². The maximum Gasteiger partial charge on any atom is 0.226 e. The van der Waals surface area contributed by atoms with Gasteiger partial charge in [-0.1, -0.05) is 0 Å². The van der Waals surface area contributed by atoms with E-state index < -0.39 is 0 Å². The van der Waals surface area contributed by atoms with Crippen molar-refractivity contribution in [1.82, 2.24) is 15.3 Å². The normalized spacial score (nSPS) is 10.6. The summed E-state index contributed by atoms with van der Waals surface area (Å²) in [7, 11) is 0. The summed E-state index contributed by atoms with van der Waals surface area (Å²) in [6.07, 6.45) is 2.23. The number of hydrogen-bond donors (Lipinski definition) is 1. The molecule has 1 amide bonds. The first kappa shape index (κ1) is 14.1. The fourth-order valence-corrected chi connectivity index (χ4v) is 3.13. The highest BCUT2D eigenvalue weighted by atomic mass is 32.1. The molecule has 0 spiro atoms. The number of aromatic nitrogens is 2. The van der Waals surface area contributed by atoms with E-state index in [9.17, 15) is 4.79 Å². The van der Waals surface area contributed by atoms with E-state index in [0.717, 1.165) is 34.2 Å². The van der Waals surface area contributed by atoms with Gasteiger partial charge < -0.3 is 5.32 Å². The molecule has 0 saturated heterocycles. The fraction of sp³-hybridized carbons (Fsp3) is 0.462. The Kier molecular flexibility index (Phi) is 5.04. The zero-order valence-electron chi connectivity index (χ0n) is 11.1. The van der Waals surface area contributed by atoms with Crippen molar-refractivity contribution in [2.75, 3.05) is 6.54 Å². The summed E-state index contributed by atoms with van der Waals surface area (Å²) in [6.45, 7) is 4.64. The minimum Gasteiger partial charge on any atom is -0.356 e. The SMILES string of the molecule is Cc1csc(CCCNC(=O)Cc2csc(C)n2)n1. The van der Waals surface area contributed by atoms with Gasteiger partial charge in [-0.25, -0.2) is 9.97 Å². The van der Waals surface area contributed by atoms with Crippen LogP contribution in [0.15, 0.2) is 10.8 Å². The monoisotopic (exact) mass is 295 g/mol. The lowest BCUT2D eigenvalue weighted by Gasteiger charge is -2.02. The number of nitrogens with one attached hydrogen (secondary N) is 1. The third kappa shape index (κ3) is 4.72. The number of carbonyl (C=O) groups excluding carboxylic acids is 1. The molecule has 0 aliphatic heterocycles. The first-order valence-corrected chi connectivity index (χ1v) is 7.98. The maximum atomic E-state index is 11.7. The first-order valence-electron chi connectivity index (χ1n) is 6.22. The van der Waals surface area contributed by atoms with E-state index in [1.807, 2.05) is 19.2 Å². The zero-order chi connectivity index (χ0) is 13.7. The highest BCUT2D eigenvalue weighted by molar-refractivity contribution is 7.09. The zero-order valence-corrected chi connectivity index (χ0v) is 12.7. The molecule has 0 saturated carbocycles. The molecule has 2 heterocycles. The maximum absolute atomic E-state index is 11.7. The van der Waals surface area contributed by atoms with Crippen LogP contribution in [0.2, 0.25) is 0 Å². The Balaban J connectivity index is 1.64. The average Bonchev–Trinajstić information content (AvgIpc) is 2.94. The van der Waals surface area contributed by atoms with Gasteiger partial charge in [0.2, 0.25) is 5.91 Å². The van der Waals surface area contributed by atoms with Crippen LogP contribution in [0.5, 0.6) is 0 Å². The Morgan fingerprint density at radius 1 is 1.26 bits per heavy atom. The quantitative estimate of drug-likeness (QED) is 0.833. The van der Waals surface area contributed by atoms with Crippen molar-refractivity contribution >= 4 is 28.6 Å². The summed E-state index contributed by atoms with van der Waals surface area (Å²) in [6, 6.07) is 0. The van der Waals surface area contributed by atoms with Crippen LogP contribution in [0.1, 0.15) is 27.8 Å². The number of carbonyl (C=O) groups is 1. The van der Waals surface area contributed by atoms with Gasteiger partial charge in [0.05, 0.1) is 22.1 Å². The van der Waals surface area contributed by atoms with E-state index in [2.05, 4.69) is 20.7 Å². The molecule has 2 rings (SSSR count). The number of aryl methyl sites for hydroxylation is 3. The Morgan fingerprint density at radius 3 is 2.74 bits per heavy atom. The smallest absolute Gasteiger partial charge is 0.226 e. The summed E-state index contributed by atoms with van der Waals surface area (Å²) in [5.74, 6) is 0.0422. The molecule has 0 aliphatic rings. The molecule has 0 aliphatic carbocycles. The number of thiazole rings is 2. The van der Waals surface area contributed by atoms with Crippen LogP contribution in [0, 0.1) is 13.8 Å². The molecule has 4 nitrogen and oxygen atoms in total. The molecule has 0 unspecified atom stereocenters. The van der Waals surface area contributed by atoms with Gasteiger partial charge in [0.25, 0.3) is 0 Å². The summed E-state index contributed by atoms with van der Waals surface area (Å²) in [5, 5.41) is 9.05. The number of hydrogen-bond acceptors (Lipinski definition) is 5. The third-order valence-electron chi connectivity index (χ3n) is 2.56. The van der Waals surface area contributed by atoms with Crippen LogP contribution in [-0.2, 0) is 17.6 Å². The van der Waals surface area contributed by atoms with E-state index in [4.69, 9.17) is 0 Å². The van der Waals surface area contributed by atoms with Gasteiger partial charge in [0.1, 0.15) is 0 Å². The lowest BCUT2D eigenvalue weighted by atomic mass is 10.3. The second-order valence-corrected chi connectivity index (χ2v) is 6.38.